The summed E-state index contributed by atoms with van der Waals surface area (Å²) in [6.45, 7) is 5.06. The molecule has 1 amide bonds. The molecule has 2 aromatic rings. The largest absolute Gasteiger partial charge is 0.395 e. The minimum atomic E-state index is -0.167. The summed E-state index contributed by atoms with van der Waals surface area (Å²) >= 11 is 0. The third-order valence-electron chi connectivity index (χ3n) is 5.21. The van der Waals surface area contributed by atoms with Crippen LogP contribution in [0.5, 0.6) is 0 Å². The number of imidazole rings is 1. The number of nitrogens with zero attached hydrogens (tertiary/aromatic N) is 4. The van der Waals surface area contributed by atoms with Gasteiger partial charge in [-0.05, 0) is 18.6 Å². The molecule has 0 spiro atoms. The Bertz CT molecular complexity index is 798. The highest BCUT2D eigenvalue weighted by molar-refractivity contribution is 5.81. The Kier molecular flexibility index (Phi) is 5.24. The van der Waals surface area contributed by atoms with Crippen LogP contribution in [0.3, 0.4) is 0 Å². The maximum Gasteiger partial charge on any atom is 0.329 e. The van der Waals surface area contributed by atoms with Gasteiger partial charge in [-0.2, -0.15) is 0 Å². The highest BCUT2D eigenvalue weighted by Crippen LogP contribution is 2.13. The summed E-state index contributed by atoms with van der Waals surface area (Å²) < 4.78 is 3.13. The SMILES string of the molecule is CCC(CO)N1CCN(C(=O)Cn2c(=O)n(C)c3ccccc32)CC1. The molecular weight excluding hydrogens is 320 g/mol. The second kappa shape index (κ2) is 7.41. The van der Waals surface area contributed by atoms with Crippen LogP contribution in [0.2, 0.25) is 0 Å². The summed E-state index contributed by atoms with van der Waals surface area (Å²) in [4.78, 5) is 29.2. The van der Waals surface area contributed by atoms with Gasteiger partial charge in [0.05, 0.1) is 17.6 Å². The summed E-state index contributed by atoms with van der Waals surface area (Å²) in [6.07, 6.45) is 0.899. The van der Waals surface area contributed by atoms with Gasteiger partial charge in [0.15, 0.2) is 0 Å². The first-order chi connectivity index (χ1) is 12.1. The van der Waals surface area contributed by atoms with Crippen LogP contribution in [-0.4, -0.2) is 68.8 Å². The predicted octanol–water partition coefficient (Wildman–Crippen LogP) is 0.255. The number of carbonyl (C=O) groups excluding carboxylic acids is 1. The second-order valence-corrected chi connectivity index (χ2v) is 6.58. The van der Waals surface area contributed by atoms with Crippen LogP contribution < -0.4 is 5.69 Å². The highest BCUT2D eigenvalue weighted by atomic mass is 16.3. The second-order valence-electron chi connectivity index (χ2n) is 6.58. The van der Waals surface area contributed by atoms with Crippen LogP contribution in [0.25, 0.3) is 11.0 Å². The topological polar surface area (TPSA) is 70.7 Å². The van der Waals surface area contributed by atoms with Crippen LogP contribution in [0.4, 0.5) is 0 Å². The van der Waals surface area contributed by atoms with Crippen molar-refractivity contribution < 1.29 is 9.90 Å². The molecule has 1 aliphatic rings. The molecule has 7 heteroatoms. The molecule has 0 radical (unpaired) electrons. The quantitative estimate of drug-likeness (QED) is 0.843. The van der Waals surface area contributed by atoms with E-state index in [0.29, 0.717) is 13.1 Å². The van der Waals surface area contributed by atoms with Crippen molar-refractivity contribution in [3.8, 4) is 0 Å². The van der Waals surface area contributed by atoms with Gasteiger partial charge in [0.1, 0.15) is 6.54 Å². The number of benzene rings is 1. The molecule has 0 bridgehead atoms. The van der Waals surface area contributed by atoms with E-state index >= 15 is 0 Å². The van der Waals surface area contributed by atoms with Crippen molar-refractivity contribution in [2.24, 2.45) is 7.05 Å². The molecule has 0 aliphatic carbocycles. The monoisotopic (exact) mass is 346 g/mol. The Balaban J connectivity index is 1.70. The molecule has 1 unspecified atom stereocenters. The maximum atomic E-state index is 12.7. The number of hydrogen-bond acceptors (Lipinski definition) is 4. The Morgan fingerprint density at radius 2 is 1.80 bits per heavy atom. The van der Waals surface area contributed by atoms with Gasteiger partial charge in [-0.1, -0.05) is 19.1 Å². The number of rotatable bonds is 5. The molecule has 1 fully saturated rings. The molecule has 7 nitrogen and oxygen atoms in total. The number of aliphatic hydroxyl groups excluding tert-OH is 1. The average Bonchev–Trinajstić information content (AvgIpc) is 2.88. The first-order valence-electron chi connectivity index (χ1n) is 8.83. The van der Waals surface area contributed by atoms with Crippen molar-refractivity contribution in [1.29, 1.82) is 0 Å². The fourth-order valence-corrected chi connectivity index (χ4v) is 3.59. The Labute approximate surface area is 147 Å². The fourth-order valence-electron chi connectivity index (χ4n) is 3.59. The van der Waals surface area contributed by atoms with E-state index in [1.807, 2.05) is 29.2 Å². The van der Waals surface area contributed by atoms with Crippen LogP contribution in [0.15, 0.2) is 29.1 Å². The van der Waals surface area contributed by atoms with Gasteiger partial charge < -0.3 is 10.0 Å². The molecule has 1 N–H and O–H groups in total. The Hall–Kier alpha value is -2.12. The smallest absolute Gasteiger partial charge is 0.329 e. The van der Waals surface area contributed by atoms with Gasteiger partial charge in [0.2, 0.25) is 5.91 Å². The number of hydrogen-bond donors (Lipinski definition) is 1. The molecule has 25 heavy (non-hydrogen) atoms. The zero-order valence-corrected chi connectivity index (χ0v) is 14.9. The van der Waals surface area contributed by atoms with Crippen LogP contribution >= 0.6 is 0 Å². The minimum Gasteiger partial charge on any atom is -0.395 e. The summed E-state index contributed by atoms with van der Waals surface area (Å²) in [5, 5.41) is 9.42. The molecular formula is C18H26N4O3. The molecule has 2 heterocycles. The standard InChI is InChI=1S/C18H26N4O3/c1-3-14(13-23)20-8-10-21(11-9-20)17(24)12-22-16-7-5-4-6-15(16)19(2)18(22)25/h4-7,14,23H,3,8-13H2,1-2H3. The van der Waals surface area contributed by atoms with E-state index in [-0.39, 0.29) is 30.8 Å². The van der Waals surface area contributed by atoms with Gasteiger partial charge in [-0.3, -0.25) is 18.8 Å². The van der Waals surface area contributed by atoms with E-state index in [9.17, 15) is 14.7 Å². The van der Waals surface area contributed by atoms with Crippen LogP contribution in [0.1, 0.15) is 13.3 Å². The van der Waals surface area contributed by atoms with Gasteiger partial charge in [0.25, 0.3) is 0 Å². The third-order valence-corrected chi connectivity index (χ3v) is 5.21. The first kappa shape index (κ1) is 17.7. The number of fused-ring (bicyclic) bond motifs is 1. The van der Waals surface area contributed by atoms with Gasteiger partial charge >= 0.3 is 5.69 Å². The number of piperazine rings is 1. The summed E-state index contributed by atoms with van der Waals surface area (Å²) in [5.41, 5.74) is 1.45. The third kappa shape index (κ3) is 3.34. The number of carbonyl (C=O) groups is 1. The van der Waals surface area contributed by atoms with Crippen LogP contribution in [0, 0.1) is 0 Å². The number of para-hydroxylation sites is 2. The molecule has 1 aliphatic heterocycles. The van der Waals surface area contributed by atoms with Crippen molar-refractivity contribution in [1.82, 2.24) is 18.9 Å². The molecule has 1 saturated heterocycles. The Morgan fingerprint density at radius 3 is 2.40 bits per heavy atom. The van der Waals surface area contributed by atoms with Crippen molar-refractivity contribution in [3.63, 3.8) is 0 Å². The van der Waals surface area contributed by atoms with Gasteiger partial charge in [-0.25, -0.2) is 4.79 Å². The highest BCUT2D eigenvalue weighted by Gasteiger charge is 2.25. The van der Waals surface area contributed by atoms with Crippen molar-refractivity contribution in [2.45, 2.75) is 25.9 Å². The molecule has 0 saturated carbocycles. The lowest BCUT2D eigenvalue weighted by Crippen LogP contribution is -2.53. The van der Waals surface area contributed by atoms with Crippen LogP contribution in [-0.2, 0) is 18.4 Å². The van der Waals surface area contributed by atoms with Crippen molar-refractivity contribution >= 4 is 16.9 Å². The summed E-state index contributed by atoms with van der Waals surface area (Å²) in [5.74, 6) is -0.0323. The summed E-state index contributed by atoms with van der Waals surface area (Å²) in [6, 6.07) is 7.68. The zero-order valence-electron chi connectivity index (χ0n) is 14.9. The normalized spacial score (nSPS) is 17.2. The predicted molar refractivity (Wildman–Crippen MR) is 96.5 cm³/mol. The van der Waals surface area contributed by atoms with E-state index in [2.05, 4.69) is 11.8 Å². The first-order valence-corrected chi connectivity index (χ1v) is 8.83. The lowest BCUT2D eigenvalue weighted by atomic mass is 10.1. The lowest BCUT2D eigenvalue weighted by Gasteiger charge is -2.38. The number of aliphatic hydroxyl groups is 1. The van der Waals surface area contributed by atoms with Gasteiger partial charge in [-0.15, -0.1) is 0 Å². The van der Waals surface area contributed by atoms with E-state index in [1.165, 1.54) is 0 Å². The van der Waals surface area contributed by atoms with E-state index in [1.54, 1.807) is 16.2 Å². The minimum absolute atomic E-state index is 0.0323. The maximum absolute atomic E-state index is 12.7. The van der Waals surface area contributed by atoms with Crippen molar-refractivity contribution in [2.75, 3.05) is 32.8 Å². The summed E-state index contributed by atoms with van der Waals surface area (Å²) in [7, 11) is 1.73. The van der Waals surface area contributed by atoms with E-state index < -0.39 is 0 Å². The van der Waals surface area contributed by atoms with E-state index in [4.69, 9.17) is 0 Å². The molecule has 1 aromatic heterocycles. The van der Waals surface area contributed by atoms with Gasteiger partial charge in [0, 0.05) is 39.3 Å². The molecule has 3 rings (SSSR count). The average molecular weight is 346 g/mol. The van der Waals surface area contributed by atoms with E-state index in [0.717, 1.165) is 30.5 Å². The van der Waals surface area contributed by atoms with Crippen molar-refractivity contribution in [3.05, 3.63) is 34.7 Å². The molecule has 136 valence electrons. The molecule has 1 atom stereocenters. The lowest BCUT2D eigenvalue weighted by molar-refractivity contribution is -0.134. The number of amides is 1. The molecule has 1 aromatic carbocycles. The zero-order chi connectivity index (χ0) is 18.0. The Morgan fingerprint density at radius 1 is 1.16 bits per heavy atom. The number of aryl methyl sites for hydroxylation is 1. The number of aromatic nitrogens is 2. The fraction of sp³-hybridized carbons (Fsp3) is 0.556.